The van der Waals surface area contributed by atoms with Crippen LogP contribution < -0.4 is 0 Å². The van der Waals surface area contributed by atoms with Gasteiger partial charge in [0.1, 0.15) is 0 Å². The highest BCUT2D eigenvalue weighted by Crippen LogP contribution is 2.00. The van der Waals surface area contributed by atoms with Gasteiger partial charge < -0.3 is 9.47 Å². The molecule has 1 aromatic rings. The van der Waals surface area contributed by atoms with Crippen LogP contribution in [0.3, 0.4) is 0 Å². The Labute approximate surface area is 81.4 Å². The van der Waals surface area contributed by atoms with E-state index in [1.54, 1.807) is 0 Å². The van der Waals surface area contributed by atoms with Crippen LogP contribution in [0.2, 0.25) is 0 Å². The summed E-state index contributed by atoms with van der Waals surface area (Å²) in [5.74, 6) is -0.418. The molecular weight excluding hydrogens is 184 g/mol. The molecule has 0 fully saturated rings. The molecule has 0 saturated carbocycles. The first-order chi connectivity index (χ1) is 6.83. The molecule has 0 bridgehead atoms. The second-order valence-corrected chi connectivity index (χ2v) is 2.56. The third-order valence-electron chi connectivity index (χ3n) is 1.55. The Morgan fingerprint density at radius 3 is 2.64 bits per heavy atom. The zero-order valence-electron chi connectivity index (χ0n) is 7.51. The van der Waals surface area contributed by atoms with Gasteiger partial charge in [0, 0.05) is 0 Å². The molecule has 0 aromatic heterocycles. The summed E-state index contributed by atoms with van der Waals surface area (Å²) in [5, 5.41) is 0. The maximum atomic E-state index is 11.1. The number of esters is 1. The average Bonchev–Trinajstić information content (AvgIpc) is 2.20. The normalized spacial score (nSPS) is 9.14. The van der Waals surface area contributed by atoms with Crippen molar-refractivity contribution in [1.82, 2.24) is 0 Å². The number of rotatable bonds is 5. The predicted octanol–water partition coefficient (Wildman–Crippen LogP) is 0.903. The first kappa shape index (κ1) is 10.2. The van der Waals surface area contributed by atoms with Crippen molar-refractivity contribution in [1.29, 1.82) is 0 Å². The number of carbonyl (C=O) groups is 2. The smallest absolute Gasteiger partial charge is 0.313 e. The minimum Gasteiger partial charge on any atom is -0.430 e. The van der Waals surface area contributed by atoms with E-state index in [0.29, 0.717) is 0 Å². The van der Waals surface area contributed by atoms with Crippen LogP contribution in [0.5, 0.6) is 0 Å². The van der Waals surface area contributed by atoms with Crippen LogP contribution in [0.4, 0.5) is 0 Å². The molecule has 0 aliphatic carbocycles. The number of hydrogen-bond donors (Lipinski definition) is 0. The maximum absolute atomic E-state index is 11.1. The lowest BCUT2D eigenvalue weighted by Crippen LogP contribution is -2.10. The van der Waals surface area contributed by atoms with Gasteiger partial charge in [-0.3, -0.25) is 9.59 Å². The number of carbonyl (C=O) groups excluding carboxylic acids is 2. The van der Waals surface area contributed by atoms with E-state index in [1.165, 1.54) is 0 Å². The molecule has 0 aliphatic rings. The van der Waals surface area contributed by atoms with Gasteiger partial charge in [0.2, 0.25) is 6.79 Å². The SMILES string of the molecule is O=COCOC(=O)Cc1ccccc1. The van der Waals surface area contributed by atoms with Crippen LogP contribution in [-0.2, 0) is 25.5 Å². The molecule has 0 aliphatic heterocycles. The summed E-state index contributed by atoms with van der Waals surface area (Å²) in [7, 11) is 0. The van der Waals surface area contributed by atoms with Gasteiger partial charge in [-0.1, -0.05) is 30.3 Å². The summed E-state index contributed by atoms with van der Waals surface area (Å²) in [4.78, 5) is 20.8. The highest BCUT2D eigenvalue weighted by atomic mass is 16.7. The van der Waals surface area contributed by atoms with Crippen LogP contribution in [0.1, 0.15) is 5.56 Å². The summed E-state index contributed by atoms with van der Waals surface area (Å²) in [6.07, 6.45) is 0.184. The number of benzene rings is 1. The Morgan fingerprint density at radius 2 is 2.00 bits per heavy atom. The zero-order chi connectivity index (χ0) is 10.2. The third kappa shape index (κ3) is 3.71. The summed E-state index contributed by atoms with van der Waals surface area (Å²) in [6, 6.07) is 9.18. The molecule has 0 amide bonds. The van der Waals surface area contributed by atoms with Gasteiger partial charge in [0.15, 0.2) is 0 Å². The summed E-state index contributed by atoms with van der Waals surface area (Å²) < 4.78 is 8.81. The van der Waals surface area contributed by atoms with Crippen LogP contribution in [-0.4, -0.2) is 19.2 Å². The minimum atomic E-state index is -0.418. The van der Waals surface area contributed by atoms with E-state index in [1.807, 2.05) is 30.3 Å². The Hall–Kier alpha value is -1.84. The van der Waals surface area contributed by atoms with Crippen LogP contribution >= 0.6 is 0 Å². The Morgan fingerprint density at radius 1 is 1.29 bits per heavy atom. The van der Waals surface area contributed by atoms with E-state index in [4.69, 9.17) is 0 Å². The molecule has 1 rings (SSSR count). The largest absolute Gasteiger partial charge is 0.430 e. The number of ether oxygens (including phenoxy) is 2. The molecule has 0 radical (unpaired) electrons. The summed E-state index contributed by atoms with van der Waals surface area (Å²) >= 11 is 0. The van der Waals surface area contributed by atoms with E-state index >= 15 is 0 Å². The maximum Gasteiger partial charge on any atom is 0.313 e. The van der Waals surface area contributed by atoms with Crippen molar-refractivity contribution in [3.05, 3.63) is 35.9 Å². The van der Waals surface area contributed by atoms with Crippen molar-refractivity contribution in [2.24, 2.45) is 0 Å². The minimum absolute atomic E-state index is 0.184. The monoisotopic (exact) mass is 194 g/mol. The van der Waals surface area contributed by atoms with Crippen molar-refractivity contribution in [2.75, 3.05) is 6.79 Å². The second-order valence-electron chi connectivity index (χ2n) is 2.56. The van der Waals surface area contributed by atoms with Gasteiger partial charge >= 0.3 is 5.97 Å². The molecule has 4 nitrogen and oxygen atoms in total. The Balaban J connectivity index is 2.31. The quantitative estimate of drug-likeness (QED) is 0.302. The van der Waals surface area contributed by atoms with Crippen molar-refractivity contribution in [3.8, 4) is 0 Å². The van der Waals surface area contributed by atoms with Gasteiger partial charge in [-0.25, -0.2) is 0 Å². The van der Waals surface area contributed by atoms with E-state index in [-0.39, 0.29) is 19.7 Å². The fourth-order valence-corrected chi connectivity index (χ4v) is 0.941. The van der Waals surface area contributed by atoms with Gasteiger partial charge in [-0.05, 0) is 5.56 Å². The van der Waals surface area contributed by atoms with Crippen molar-refractivity contribution in [3.63, 3.8) is 0 Å². The van der Waals surface area contributed by atoms with Crippen molar-refractivity contribution < 1.29 is 19.1 Å². The standard InChI is InChI=1S/C10H10O4/c11-7-13-8-14-10(12)6-9-4-2-1-3-5-9/h1-5,7H,6,8H2. The fourth-order valence-electron chi connectivity index (χ4n) is 0.941. The molecule has 4 heteroatoms. The molecule has 0 unspecified atom stereocenters. The van der Waals surface area contributed by atoms with E-state index in [2.05, 4.69) is 9.47 Å². The first-order valence-corrected chi connectivity index (χ1v) is 4.07. The lowest BCUT2D eigenvalue weighted by atomic mass is 10.2. The van der Waals surface area contributed by atoms with Gasteiger partial charge in [0.05, 0.1) is 6.42 Å². The van der Waals surface area contributed by atoms with Crippen LogP contribution in [0, 0.1) is 0 Å². The van der Waals surface area contributed by atoms with Gasteiger partial charge in [-0.15, -0.1) is 0 Å². The molecule has 0 atom stereocenters. The summed E-state index contributed by atoms with van der Waals surface area (Å²) in [5.41, 5.74) is 0.864. The Kier molecular flexibility index (Phi) is 4.20. The zero-order valence-corrected chi connectivity index (χ0v) is 7.51. The first-order valence-electron chi connectivity index (χ1n) is 4.07. The molecule has 0 heterocycles. The molecule has 0 spiro atoms. The second kappa shape index (κ2) is 5.75. The third-order valence-corrected chi connectivity index (χ3v) is 1.55. The van der Waals surface area contributed by atoms with Crippen LogP contribution in [0.25, 0.3) is 0 Å². The molecule has 1 aromatic carbocycles. The predicted molar refractivity (Wildman–Crippen MR) is 48.3 cm³/mol. The molecular formula is C10H10O4. The Bertz CT molecular complexity index is 294. The highest BCUT2D eigenvalue weighted by molar-refractivity contribution is 5.72. The van der Waals surface area contributed by atoms with Gasteiger partial charge in [-0.2, -0.15) is 0 Å². The molecule has 0 N–H and O–H groups in total. The van der Waals surface area contributed by atoms with Crippen LogP contribution in [0.15, 0.2) is 30.3 Å². The van der Waals surface area contributed by atoms with E-state index in [9.17, 15) is 9.59 Å². The van der Waals surface area contributed by atoms with Crippen molar-refractivity contribution >= 4 is 12.4 Å². The molecule has 74 valence electrons. The average molecular weight is 194 g/mol. The number of hydrogen-bond acceptors (Lipinski definition) is 4. The lowest BCUT2D eigenvalue weighted by molar-refractivity contribution is -0.159. The van der Waals surface area contributed by atoms with E-state index < -0.39 is 5.97 Å². The van der Waals surface area contributed by atoms with Crippen molar-refractivity contribution in [2.45, 2.75) is 6.42 Å². The fraction of sp³-hybridized carbons (Fsp3) is 0.200. The molecule has 14 heavy (non-hydrogen) atoms. The van der Waals surface area contributed by atoms with Gasteiger partial charge in [0.25, 0.3) is 6.47 Å². The topological polar surface area (TPSA) is 52.6 Å². The highest BCUT2D eigenvalue weighted by Gasteiger charge is 2.03. The lowest BCUT2D eigenvalue weighted by Gasteiger charge is -2.02. The molecule has 0 saturated heterocycles. The van der Waals surface area contributed by atoms with E-state index in [0.717, 1.165) is 5.56 Å². The summed E-state index contributed by atoms with van der Waals surface area (Å²) in [6.45, 7) is -0.0923.